The molecule has 6 atom stereocenters. The highest BCUT2D eigenvalue weighted by Crippen LogP contribution is 2.44. The Morgan fingerprint density at radius 2 is 0.484 bits per heavy atom. The largest absolute Gasteiger partial charge is 0.382 e. The average molecular weight is 1280 g/mol. The fourth-order valence-electron chi connectivity index (χ4n) is 13.0. The first-order valence-corrected chi connectivity index (χ1v) is 39.1. The molecule has 2 unspecified atom stereocenters. The van der Waals surface area contributed by atoms with Crippen molar-refractivity contribution in [1.29, 1.82) is 0 Å². The Kier molecular flexibility index (Phi) is 55.8. The van der Waals surface area contributed by atoms with Crippen LogP contribution >= 0.6 is 0 Å². The third-order valence-corrected chi connectivity index (χ3v) is 19.0. The van der Waals surface area contributed by atoms with Gasteiger partial charge in [-0.25, -0.2) is 0 Å². The molecule has 1 saturated heterocycles. The summed E-state index contributed by atoms with van der Waals surface area (Å²) in [7, 11) is 0. The zero-order valence-corrected chi connectivity index (χ0v) is 60.3. The van der Waals surface area contributed by atoms with Crippen molar-refractivity contribution in [2.45, 2.75) is 443 Å². The van der Waals surface area contributed by atoms with Crippen LogP contribution in [0, 0.1) is 0 Å². The van der Waals surface area contributed by atoms with E-state index in [4.69, 9.17) is 9.47 Å². The second-order valence-electron chi connectivity index (χ2n) is 28.0. The molecule has 0 radical (unpaired) electrons. The van der Waals surface area contributed by atoms with Crippen molar-refractivity contribution in [3.63, 3.8) is 0 Å². The van der Waals surface area contributed by atoms with Crippen LogP contribution in [0.25, 0.3) is 0 Å². The van der Waals surface area contributed by atoms with Gasteiger partial charge in [0.05, 0.1) is 0 Å². The molecule has 1 aliphatic heterocycles. The number of hydrogen-bond donors (Lipinski definition) is 4. The van der Waals surface area contributed by atoms with Crippen LogP contribution in [-0.2, 0) is 28.7 Å². The molecule has 10 nitrogen and oxygen atoms in total. The first-order valence-electron chi connectivity index (χ1n) is 39.1. The third kappa shape index (κ3) is 41.9. The molecule has 1 fully saturated rings. The van der Waals surface area contributed by atoms with E-state index < -0.39 is 64.5 Å². The molecule has 0 bridgehead atoms. The molecule has 4 N–H and O–H groups in total. The summed E-state index contributed by atoms with van der Waals surface area (Å²) in [5.41, 5.74) is -5.97. The first kappa shape index (κ1) is 86.4. The van der Waals surface area contributed by atoms with E-state index >= 15 is 0 Å². The van der Waals surface area contributed by atoms with Gasteiger partial charge in [0.25, 0.3) is 0 Å². The predicted molar refractivity (Wildman–Crippen MR) is 384 cm³/mol. The van der Waals surface area contributed by atoms with Gasteiger partial charge in [0, 0.05) is 25.7 Å². The second kappa shape index (κ2) is 58.7. The van der Waals surface area contributed by atoms with Gasteiger partial charge in [-0.05, 0) is 142 Å². The number of carbonyl (C=O) groups excluding carboxylic acids is 4. The molecule has 0 aromatic heterocycles. The van der Waals surface area contributed by atoms with Crippen molar-refractivity contribution in [2.24, 2.45) is 0 Å². The van der Waals surface area contributed by atoms with E-state index in [1.54, 1.807) is 0 Å². The maximum absolute atomic E-state index is 14.9. The molecule has 530 valence electrons. The zero-order chi connectivity index (χ0) is 66.8. The van der Waals surface area contributed by atoms with E-state index in [1.165, 1.54) is 168 Å². The number of Topliss-reactive ketones (excluding diaryl/α,β-unsaturated/α-hetero) is 4. The van der Waals surface area contributed by atoms with Gasteiger partial charge >= 0.3 is 0 Å². The lowest BCUT2D eigenvalue weighted by molar-refractivity contribution is -0.202. The number of aliphatic hydroxyl groups excluding tert-OH is 2. The smallest absolute Gasteiger partial charge is 0.184 e. The van der Waals surface area contributed by atoms with Crippen LogP contribution in [0.1, 0.15) is 401 Å². The lowest BCUT2D eigenvalue weighted by Crippen LogP contribution is -2.71. The Morgan fingerprint density at radius 1 is 0.308 bits per heavy atom. The van der Waals surface area contributed by atoms with E-state index in [2.05, 4.69) is 76.3 Å². The highest BCUT2D eigenvalue weighted by molar-refractivity contribution is 5.99. The number of allylic oxidation sites excluding steroid dienone is 8. The standard InChI is InChI=1S/C81H146O10/c1-7-11-15-19-23-27-31-35-39-43-47-51-55-59-63-67-71(82)75(86)80(88,73(84)69-65-61-57-53-49-45-41-37-33-29-25-21-17-13-9-3)77-78(91-79(5,6)90-77)81(89,74(85)70-66-62-58-54-50-46-42-38-34-30-26-22-18-14-10-4)76(87)72(83)68-64-60-56-52-48-44-40-36-32-28-24-20-16-12-8-2/h35-42,75-78,86-89H,7-34,43-70H2,1-6H3/b39-35-,40-36-,41-37-,42-38-/t75?,76?,77-,78-,80+,81+/m0/s1. The van der Waals surface area contributed by atoms with Gasteiger partial charge in [-0.2, -0.15) is 0 Å². The topological polar surface area (TPSA) is 168 Å². The van der Waals surface area contributed by atoms with Gasteiger partial charge < -0.3 is 29.9 Å². The van der Waals surface area contributed by atoms with Crippen LogP contribution in [0.2, 0.25) is 0 Å². The van der Waals surface area contributed by atoms with Gasteiger partial charge in [0.1, 0.15) is 12.2 Å². The molecule has 10 heteroatoms. The number of aliphatic hydroxyl groups is 4. The number of carbonyl (C=O) groups is 4. The molecule has 0 saturated carbocycles. The average Bonchev–Trinajstić information content (AvgIpc) is 1.70. The summed E-state index contributed by atoms with van der Waals surface area (Å²) in [6, 6.07) is 0. The molecule has 1 rings (SSSR count). The van der Waals surface area contributed by atoms with Crippen LogP contribution in [0.15, 0.2) is 48.6 Å². The Morgan fingerprint density at radius 3 is 0.692 bits per heavy atom. The number of rotatable bonds is 68. The van der Waals surface area contributed by atoms with Gasteiger partial charge in [-0.15, -0.1) is 0 Å². The van der Waals surface area contributed by atoms with Crippen LogP contribution in [0.4, 0.5) is 0 Å². The maximum Gasteiger partial charge on any atom is 0.184 e. The van der Waals surface area contributed by atoms with E-state index in [1.807, 2.05) is 0 Å². The maximum atomic E-state index is 14.9. The second-order valence-corrected chi connectivity index (χ2v) is 28.0. The summed E-state index contributed by atoms with van der Waals surface area (Å²) in [6.45, 7) is 12.0. The van der Waals surface area contributed by atoms with E-state index in [-0.39, 0.29) is 25.7 Å². The molecule has 0 aliphatic carbocycles. The van der Waals surface area contributed by atoms with Crippen molar-refractivity contribution in [3.05, 3.63) is 48.6 Å². The molecule has 1 aliphatic rings. The molecule has 0 aromatic carbocycles. The number of unbranched alkanes of at least 4 members (excludes halogenated alkanes) is 44. The lowest BCUT2D eigenvalue weighted by atomic mass is 9.71. The lowest BCUT2D eigenvalue weighted by Gasteiger charge is -2.43. The minimum atomic E-state index is -2.98. The van der Waals surface area contributed by atoms with Crippen LogP contribution in [0.5, 0.6) is 0 Å². The first-order chi connectivity index (χ1) is 44.2. The minimum absolute atomic E-state index is 0.111. The summed E-state index contributed by atoms with van der Waals surface area (Å²) >= 11 is 0. The highest BCUT2D eigenvalue weighted by Gasteiger charge is 2.68. The van der Waals surface area contributed by atoms with E-state index in [0.29, 0.717) is 38.5 Å². The van der Waals surface area contributed by atoms with Crippen molar-refractivity contribution in [2.75, 3.05) is 0 Å². The summed E-state index contributed by atoms with van der Waals surface area (Å²) in [5.74, 6) is -4.92. The van der Waals surface area contributed by atoms with Gasteiger partial charge in [0.15, 0.2) is 52.3 Å². The van der Waals surface area contributed by atoms with Crippen molar-refractivity contribution in [1.82, 2.24) is 0 Å². The van der Waals surface area contributed by atoms with Crippen molar-refractivity contribution < 1.29 is 49.1 Å². The SMILES string of the molecule is CCCCCCCC/C=C\CCCCCCCC(=O)C(O)[C@](O)(C(=O)CCCCCCC/C=C\CCCCCCCC)[C@H]1OC(C)(C)O[C@@H]1[C@@](O)(C(=O)CCCCCCC/C=C\CCCCCCCC)C(O)C(=O)CCCCCCC/C=C\CCCCCCCC. The van der Waals surface area contributed by atoms with Gasteiger partial charge in [-0.1, -0.05) is 282 Å². The molecular weight excluding hydrogens is 1130 g/mol. The Labute approximate surface area is 560 Å². The summed E-state index contributed by atoms with van der Waals surface area (Å²) < 4.78 is 12.7. The van der Waals surface area contributed by atoms with Crippen LogP contribution in [-0.4, -0.2) is 85.0 Å². The van der Waals surface area contributed by atoms with Crippen molar-refractivity contribution >= 4 is 23.1 Å². The van der Waals surface area contributed by atoms with E-state index in [0.717, 1.165) is 141 Å². The monoisotopic (exact) mass is 1280 g/mol. The Hall–Kier alpha value is -2.60. The molecule has 1 heterocycles. The zero-order valence-electron chi connectivity index (χ0n) is 60.3. The molecular formula is C81H146O10. The quantitative estimate of drug-likeness (QED) is 0.0340. The predicted octanol–water partition coefficient (Wildman–Crippen LogP) is 22.1. The number of hydrogen-bond acceptors (Lipinski definition) is 10. The molecule has 91 heavy (non-hydrogen) atoms. The highest BCUT2D eigenvalue weighted by atomic mass is 16.8. The summed E-state index contributed by atoms with van der Waals surface area (Å²) in [5, 5.41) is 50.6. The van der Waals surface area contributed by atoms with E-state index in [9.17, 15) is 39.6 Å². The van der Waals surface area contributed by atoms with Crippen LogP contribution < -0.4 is 0 Å². The number of ether oxygens (including phenoxy) is 2. The molecule has 0 aromatic rings. The Balaban J connectivity index is 3.32. The fourth-order valence-corrected chi connectivity index (χ4v) is 13.0. The normalized spacial score (nSPS) is 17.3. The van der Waals surface area contributed by atoms with Crippen LogP contribution in [0.3, 0.4) is 0 Å². The number of ketones is 4. The molecule has 0 spiro atoms. The summed E-state index contributed by atoms with van der Waals surface area (Å²) in [4.78, 5) is 58.3. The summed E-state index contributed by atoms with van der Waals surface area (Å²) in [6.07, 6.45) is 64.1. The molecule has 0 amide bonds. The van der Waals surface area contributed by atoms with Gasteiger partial charge in [0.2, 0.25) is 0 Å². The third-order valence-electron chi connectivity index (χ3n) is 19.0. The van der Waals surface area contributed by atoms with Crippen molar-refractivity contribution in [3.8, 4) is 0 Å². The van der Waals surface area contributed by atoms with Gasteiger partial charge in [-0.3, -0.25) is 19.2 Å². The Bertz CT molecular complexity index is 1740. The minimum Gasteiger partial charge on any atom is -0.382 e. The fraction of sp³-hybridized carbons (Fsp3) is 0.852.